The second kappa shape index (κ2) is 5.97. The van der Waals surface area contributed by atoms with Gasteiger partial charge in [-0.3, -0.25) is 4.79 Å². The topological polar surface area (TPSA) is 75.3 Å². The Morgan fingerprint density at radius 2 is 2.17 bits per heavy atom. The lowest BCUT2D eigenvalue weighted by molar-refractivity contribution is -0.127. The predicted octanol–water partition coefficient (Wildman–Crippen LogP) is -0.389. The van der Waals surface area contributed by atoms with Crippen molar-refractivity contribution in [3.63, 3.8) is 0 Å². The number of nitrogens with one attached hydrogen (secondary N) is 1. The van der Waals surface area contributed by atoms with Crippen molar-refractivity contribution in [2.45, 2.75) is 38.8 Å². The Hall–Kier alpha value is -0.610. The van der Waals surface area contributed by atoms with E-state index in [2.05, 4.69) is 5.32 Å². The summed E-state index contributed by atoms with van der Waals surface area (Å²) in [7, 11) is 0. The van der Waals surface area contributed by atoms with E-state index in [4.69, 9.17) is 5.73 Å². The summed E-state index contributed by atoms with van der Waals surface area (Å²) in [5, 5.41) is 12.3. The van der Waals surface area contributed by atoms with Crippen LogP contribution in [0.4, 0.5) is 0 Å². The van der Waals surface area contributed by atoms with Crippen molar-refractivity contribution in [1.29, 1.82) is 0 Å². The molecule has 4 nitrogen and oxygen atoms in total. The van der Waals surface area contributed by atoms with Crippen LogP contribution in [0.5, 0.6) is 0 Å². The Balaban J connectivity index is 3.98. The molecule has 4 heteroatoms. The monoisotopic (exact) mass is 174 g/mol. The number of carbonyl (C=O) groups is 1. The first-order valence-electron chi connectivity index (χ1n) is 4.34. The number of nitrogens with two attached hydrogens (primary N) is 1. The van der Waals surface area contributed by atoms with E-state index in [0.717, 1.165) is 19.4 Å². The second-order valence-corrected chi connectivity index (χ2v) is 2.80. The van der Waals surface area contributed by atoms with Gasteiger partial charge in [0.05, 0.1) is 0 Å². The van der Waals surface area contributed by atoms with Crippen LogP contribution in [-0.4, -0.2) is 29.7 Å². The maximum atomic E-state index is 10.6. The molecule has 0 heterocycles. The molecule has 0 spiro atoms. The molecule has 0 aliphatic heterocycles. The van der Waals surface area contributed by atoms with E-state index in [1.165, 1.54) is 0 Å². The van der Waals surface area contributed by atoms with Crippen molar-refractivity contribution in [1.82, 2.24) is 5.32 Å². The second-order valence-electron chi connectivity index (χ2n) is 2.80. The van der Waals surface area contributed by atoms with Gasteiger partial charge in [-0.05, 0) is 13.0 Å². The zero-order valence-corrected chi connectivity index (χ0v) is 7.71. The largest absolute Gasteiger partial charge is 0.382 e. The average molecular weight is 174 g/mol. The molecule has 4 N–H and O–H groups in total. The lowest BCUT2D eigenvalue weighted by atomic mass is 10.1. The fraction of sp³-hybridized carbons (Fsp3) is 0.875. The Morgan fingerprint density at radius 1 is 1.58 bits per heavy atom. The SMILES string of the molecule is CCCC(NCC)C(O)C(N)=O. The summed E-state index contributed by atoms with van der Waals surface area (Å²) in [5.41, 5.74) is 4.97. The van der Waals surface area contributed by atoms with Gasteiger partial charge in [-0.2, -0.15) is 0 Å². The molecule has 0 aromatic carbocycles. The number of rotatable bonds is 6. The van der Waals surface area contributed by atoms with E-state index in [9.17, 15) is 9.90 Å². The molecule has 2 unspecified atom stereocenters. The van der Waals surface area contributed by atoms with Gasteiger partial charge in [0.25, 0.3) is 0 Å². The highest BCUT2D eigenvalue weighted by Gasteiger charge is 2.21. The van der Waals surface area contributed by atoms with Crippen LogP contribution in [0.25, 0.3) is 0 Å². The van der Waals surface area contributed by atoms with Crippen LogP contribution in [0.1, 0.15) is 26.7 Å². The minimum absolute atomic E-state index is 0.197. The van der Waals surface area contributed by atoms with Gasteiger partial charge in [-0.1, -0.05) is 20.3 Å². The fourth-order valence-corrected chi connectivity index (χ4v) is 1.14. The Labute approximate surface area is 73.1 Å². The van der Waals surface area contributed by atoms with Crippen LogP contribution in [-0.2, 0) is 4.79 Å². The number of aliphatic hydroxyl groups excluding tert-OH is 1. The van der Waals surface area contributed by atoms with Crippen LogP contribution in [0.15, 0.2) is 0 Å². The van der Waals surface area contributed by atoms with Gasteiger partial charge in [0.2, 0.25) is 5.91 Å². The molecule has 1 amide bonds. The van der Waals surface area contributed by atoms with Crippen LogP contribution in [0.3, 0.4) is 0 Å². The van der Waals surface area contributed by atoms with Crippen molar-refractivity contribution >= 4 is 5.91 Å². The predicted molar refractivity (Wildman–Crippen MR) is 47.6 cm³/mol. The molecule has 12 heavy (non-hydrogen) atoms. The van der Waals surface area contributed by atoms with E-state index in [1.807, 2.05) is 13.8 Å². The third-order valence-corrected chi connectivity index (χ3v) is 1.74. The number of amides is 1. The Bertz CT molecular complexity index is 133. The maximum Gasteiger partial charge on any atom is 0.247 e. The van der Waals surface area contributed by atoms with Gasteiger partial charge < -0.3 is 16.2 Å². The minimum atomic E-state index is -1.06. The molecule has 0 aliphatic carbocycles. The number of primary amides is 1. The van der Waals surface area contributed by atoms with E-state index in [0.29, 0.717) is 0 Å². The van der Waals surface area contributed by atoms with Crippen LogP contribution < -0.4 is 11.1 Å². The molecular formula is C8H18N2O2. The number of hydrogen-bond acceptors (Lipinski definition) is 3. The first kappa shape index (κ1) is 11.4. The van der Waals surface area contributed by atoms with Gasteiger partial charge in [-0.15, -0.1) is 0 Å². The smallest absolute Gasteiger partial charge is 0.247 e. The average Bonchev–Trinajstić information content (AvgIpc) is 2.03. The molecule has 72 valence electrons. The summed E-state index contributed by atoms with van der Waals surface area (Å²) >= 11 is 0. The zero-order chi connectivity index (χ0) is 9.56. The summed E-state index contributed by atoms with van der Waals surface area (Å²) in [6.07, 6.45) is 0.616. The van der Waals surface area contributed by atoms with E-state index in [1.54, 1.807) is 0 Å². The molecule has 0 saturated heterocycles. The summed E-state index contributed by atoms with van der Waals surface area (Å²) in [6.45, 7) is 4.66. The first-order valence-corrected chi connectivity index (χ1v) is 4.34. The number of likely N-dealkylation sites (N-methyl/N-ethyl adjacent to an activating group) is 1. The highest BCUT2D eigenvalue weighted by molar-refractivity contribution is 5.79. The molecule has 0 bridgehead atoms. The minimum Gasteiger partial charge on any atom is -0.382 e. The molecular weight excluding hydrogens is 156 g/mol. The molecule has 0 rings (SSSR count). The lowest BCUT2D eigenvalue weighted by Gasteiger charge is -2.20. The highest BCUT2D eigenvalue weighted by atomic mass is 16.3. The Kier molecular flexibility index (Phi) is 5.66. The summed E-state index contributed by atoms with van der Waals surface area (Å²) in [4.78, 5) is 10.6. The van der Waals surface area contributed by atoms with Gasteiger partial charge in [0.1, 0.15) is 6.10 Å². The molecule has 0 aromatic rings. The fourth-order valence-electron chi connectivity index (χ4n) is 1.14. The van der Waals surface area contributed by atoms with Crippen molar-refractivity contribution in [2.24, 2.45) is 5.73 Å². The standard InChI is InChI=1S/C8H18N2O2/c1-3-5-6(10-4-2)7(11)8(9)12/h6-7,10-11H,3-5H2,1-2H3,(H2,9,12). The van der Waals surface area contributed by atoms with Crippen LogP contribution >= 0.6 is 0 Å². The van der Waals surface area contributed by atoms with Crippen LogP contribution in [0, 0.1) is 0 Å². The first-order chi connectivity index (χ1) is 5.63. The molecule has 0 aliphatic rings. The summed E-state index contributed by atoms with van der Waals surface area (Å²) in [5.74, 6) is -0.658. The van der Waals surface area contributed by atoms with E-state index < -0.39 is 12.0 Å². The maximum absolute atomic E-state index is 10.6. The molecule has 2 atom stereocenters. The van der Waals surface area contributed by atoms with Crippen molar-refractivity contribution in [2.75, 3.05) is 6.54 Å². The number of carbonyl (C=O) groups excluding carboxylic acids is 1. The number of hydrogen-bond donors (Lipinski definition) is 3. The van der Waals surface area contributed by atoms with Crippen molar-refractivity contribution in [3.05, 3.63) is 0 Å². The van der Waals surface area contributed by atoms with E-state index >= 15 is 0 Å². The van der Waals surface area contributed by atoms with Gasteiger partial charge >= 0.3 is 0 Å². The number of aliphatic hydroxyl groups is 1. The Morgan fingerprint density at radius 3 is 2.50 bits per heavy atom. The van der Waals surface area contributed by atoms with Crippen molar-refractivity contribution in [3.8, 4) is 0 Å². The molecule has 0 aromatic heterocycles. The van der Waals surface area contributed by atoms with Gasteiger partial charge in [0.15, 0.2) is 0 Å². The summed E-state index contributed by atoms with van der Waals surface area (Å²) in [6, 6.07) is -0.197. The molecule has 0 fully saturated rings. The van der Waals surface area contributed by atoms with E-state index in [-0.39, 0.29) is 6.04 Å². The third kappa shape index (κ3) is 3.69. The van der Waals surface area contributed by atoms with Crippen molar-refractivity contribution < 1.29 is 9.90 Å². The van der Waals surface area contributed by atoms with Gasteiger partial charge in [-0.25, -0.2) is 0 Å². The quantitative estimate of drug-likeness (QED) is 0.513. The third-order valence-electron chi connectivity index (χ3n) is 1.74. The zero-order valence-electron chi connectivity index (χ0n) is 7.71. The van der Waals surface area contributed by atoms with Gasteiger partial charge in [0, 0.05) is 6.04 Å². The molecule has 0 saturated carbocycles. The lowest BCUT2D eigenvalue weighted by Crippen LogP contribution is -2.46. The molecule has 0 radical (unpaired) electrons. The normalized spacial score (nSPS) is 15.6. The van der Waals surface area contributed by atoms with Crippen LogP contribution in [0.2, 0.25) is 0 Å². The summed E-state index contributed by atoms with van der Waals surface area (Å²) < 4.78 is 0. The highest BCUT2D eigenvalue weighted by Crippen LogP contribution is 2.01.